The van der Waals surface area contributed by atoms with Gasteiger partial charge in [-0.15, -0.1) is 0 Å². The molecule has 14 heavy (non-hydrogen) atoms. The minimum atomic E-state index is -0.336. The number of hydrogen-bond acceptors (Lipinski definition) is 4. The van der Waals surface area contributed by atoms with Gasteiger partial charge in [-0.3, -0.25) is 0 Å². The third kappa shape index (κ3) is 1.85. The van der Waals surface area contributed by atoms with E-state index in [0.29, 0.717) is 12.1 Å². The Kier molecular flexibility index (Phi) is 2.36. The second-order valence-corrected chi connectivity index (χ2v) is 2.77. The van der Waals surface area contributed by atoms with Gasteiger partial charge in [-0.05, 0) is 18.2 Å². The van der Waals surface area contributed by atoms with E-state index < -0.39 is 0 Å². The highest BCUT2D eigenvalue weighted by molar-refractivity contribution is 5.93. The summed E-state index contributed by atoms with van der Waals surface area (Å²) in [5, 5.41) is 2.95. The smallest absolute Gasteiger partial charge is 0.344 e. The molecule has 0 saturated heterocycles. The molecule has 1 aromatic heterocycles. The number of hydrogen-bond donors (Lipinski definition) is 1. The van der Waals surface area contributed by atoms with Gasteiger partial charge >= 0.3 is 5.97 Å². The monoisotopic (exact) mass is 191 g/mol. The second kappa shape index (κ2) is 3.83. The van der Waals surface area contributed by atoms with E-state index in [1.54, 1.807) is 18.5 Å². The van der Waals surface area contributed by atoms with E-state index in [1.807, 2.05) is 12.1 Å². The summed E-state index contributed by atoms with van der Waals surface area (Å²) in [6.07, 6.45) is 6.18. The Hall–Kier alpha value is -1.97. The van der Waals surface area contributed by atoms with Crippen LogP contribution in [0.3, 0.4) is 0 Å². The molecule has 1 aliphatic heterocycles. The minimum Gasteiger partial charge on any atom is -0.467 e. The number of rotatable bonds is 3. The van der Waals surface area contributed by atoms with Crippen molar-refractivity contribution < 1.29 is 13.9 Å². The summed E-state index contributed by atoms with van der Waals surface area (Å²) in [6.45, 7) is 0.553. The average Bonchev–Trinajstić information content (AvgIpc) is 2.78. The fourth-order valence-corrected chi connectivity index (χ4v) is 1.09. The van der Waals surface area contributed by atoms with E-state index >= 15 is 0 Å². The van der Waals surface area contributed by atoms with Gasteiger partial charge in [-0.1, -0.05) is 0 Å². The first kappa shape index (κ1) is 8.62. The van der Waals surface area contributed by atoms with Crippen LogP contribution in [0.2, 0.25) is 0 Å². The lowest BCUT2D eigenvalue weighted by molar-refractivity contribution is -0.132. The number of cyclic esters (lactones) is 1. The van der Waals surface area contributed by atoms with Crippen LogP contribution in [0.25, 0.3) is 0 Å². The van der Waals surface area contributed by atoms with E-state index in [-0.39, 0.29) is 5.97 Å². The third-order valence-corrected chi connectivity index (χ3v) is 1.77. The molecule has 0 radical (unpaired) electrons. The van der Waals surface area contributed by atoms with Gasteiger partial charge < -0.3 is 14.5 Å². The van der Waals surface area contributed by atoms with Crippen LogP contribution < -0.4 is 5.32 Å². The number of furan rings is 1. The highest BCUT2D eigenvalue weighted by Gasteiger charge is 2.11. The van der Waals surface area contributed by atoms with Crippen molar-refractivity contribution in [1.29, 1.82) is 0 Å². The molecule has 0 bridgehead atoms. The molecule has 72 valence electrons. The molecule has 1 aromatic rings. The standard InChI is InChI=1S/C10H9NO3/c12-10-8(3-5-14-10)6-11-7-9-2-1-4-13-9/h1-6,11H,7H2. The van der Waals surface area contributed by atoms with Gasteiger partial charge in [-0.25, -0.2) is 4.79 Å². The molecular weight excluding hydrogens is 182 g/mol. The van der Waals surface area contributed by atoms with Crippen molar-refractivity contribution in [2.24, 2.45) is 0 Å². The average molecular weight is 191 g/mol. The summed E-state index contributed by atoms with van der Waals surface area (Å²) in [5.41, 5.74) is 0.511. The Bertz CT molecular complexity index is 376. The van der Waals surface area contributed by atoms with Crippen molar-refractivity contribution in [2.45, 2.75) is 6.54 Å². The van der Waals surface area contributed by atoms with Crippen LogP contribution in [0.15, 0.2) is 46.9 Å². The zero-order valence-electron chi connectivity index (χ0n) is 7.40. The fraction of sp³-hybridized carbons (Fsp3) is 0.100. The maximum Gasteiger partial charge on any atom is 0.344 e. The quantitative estimate of drug-likeness (QED) is 0.578. The van der Waals surface area contributed by atoms with E-state index in [9.17, 15) is 4.79 Å². The maximum atomic E-state index is 11.0. The SMILES string of the molecule is O=C1OC=CC1=CNCc1ccco1. The molecular formula is C10H9NO3. The van der Waals surface area contributed by atoms with Crippen molar-refractivity contribution in [2.75, 3.05) is 0 Å². The van der Waals surface area contributed by atoms with Gasteiger partial charge in [0.1, 0.15) is 5.76 Å². The zero-order valence-corrected chi connectivity index (χ0v) is 7.40. The molecule has 0 unspecified atom stereocenters. The Labute approximate surface area is 80.9 Å². The van der Waals surface area contributed by atoms with Crippen molar-refractivity contribution in [1.82, 2.24) is 5.32 Å². The predicted molar refractivity (Wildman–Crippen MR) is 48.9 cm³/mol. The third-order valence-electron chi connectivity index (χ3n) is 1.77. The number of esters is 1. The number of nitrogens with one attached hydrogen (secondary N) is 1. The molecule has 1 aliphatic rings. The Morgan fingerprint density at radius 3 is 3.07 bits per heavy atom. The number of carbonyl (C=O) groups excluding carboxylic acids is 1. The van der Waals surface area contributed by atoms with Gasteiger partial charge in [0.2, 0.25) is 0 Å². The minimum absolute atomic E-state index is 0.336. The van der Waals surface area contributed by atoms with Crippen LogP contribution in [0.4, 0.5) is 0 Å². The normalized spacial score (nSPS) is 17.4. The van der Waals surface area contributed by atoms with E-state index in [1.165, 1.54) is 6.26 Å². The van der Waals surface area contributed by atoms with Crippen molar-refractivity contribution in [3.63, 3.8) is 0 Å². The summed E-state index contributed by atoms with van der Waals surface area (Å²) >= 11 is 0. The molecule has 0 spiro atoms. The van der Waals surface area contributed by atoms with Crippen molar-refractivity contribution in [3.05, 3.63) is 48.3 Å². The second-order valence-electron chi connectivity index (χ2n) is 2.77. The predicted octanol–water partition coefficient (Wildman–Crippen LogP) is 1.32. The molecule has 0 aliphatic carbocycles. The van der Waals surface area contributed by atoms with E-state index in [4.69, 9.17) is 4.42 Å². The Balaban J connectivity index is 1.88. The van der Waals surface area contributed by atoms with Crippen molar-refractivity contribution >= 4 is 5.97 Å². The van der Waals surface area contributed by atoms with Gasteiger partial charge in [0.15, 0.2) is 0 Å². The van der Waals surface area contributed by atoms with Gasteiger partial charge in [-0.2, -0.15) is 0 Å². The molecule has 4 heteroatoms. The molecule has 0 aromatic carbocycles. The molecule has 4 nitrogen and oxygen atoms in total. The van der Waals surface area contributed by atoms with E-state index in [2.05, 4.69) is 10.1 Å². The first-order valence-electron chi connectivity index (χ1n) is 4.20. The van der Waals surface area contributed by atoms with E-state index in [0.717, 1.165) is 5.76 Å². The molecule has 2 rings (SSSR count). The summed E-state index contributed by atoms with van der Waals surface area (Å²) < 4.78 is 9.70. The molecule has 2 heterocycles. The molecule has 0 saturated carbocycles. The lowest BCUT2D eigenvalue weighted by Crippen LogP contribution is -2.07. The summed E-state index contributed by atoms with van der Waals surface area (Å²) in [5.74, 6) is 0.481. The zero-order chi connectivity index (χ0) is 9.80. The molecule has 0 fully saturated rings. The van der Waals surface area contributed by atoms with Crippen molar-refractivity contribution in [3.8, 4) is 0 Å². The van der Waals surface area contributed by atoms with Gasteiger partial charge in [0, 0.05) is 6.20 Å². The van der Waals surface area contributed by atoms with Gasteiger partial charge in [0.25, 0.3) is 0 Å². The van der Waals surface area contributed by atoms with Crippen LogP contribution >= 0.6 is 0 Å². The van der Waals surface area contributed by atoms with Crippen LogP contribution in [0.1, 0.15) is 5.76 Å². The molecule has 0 atom stereocenters. The largest absolute Gasteiger partial charge is 0.467 e. The number of ether oxygens (including phenoxy) is 1. The number of carbonyl (C=O) groups is 1. The Morgan fingerprint density at radius 2 is 2.43 bits per heavy atom. The van der Waals surface area contributed by atoms with Crippen LogP contribution in [0.5, 0.6) is 0 Å². The van der Waals surface area contributed by atoms with Crippen LogP contribution in [-0.4, -0.2) is 5.97 Å². The maximum absolute atomic E-state index is 11.0. The first-order chi connectivity index (χ1) is 6.86. The highest BCUT2D eigenvalue weighted by atomic mass is 16.5. The Morgan fingerprint density at radius 1 is 1.50 bits per heavy atom. The first-order valence-corrected chi connectivity index (χ1v) is 4.20. The fourth-order valence-electron chi connectivity index (χ4n) is 1.09. The van der Waals surface area contributed by atoms with Gasteiger partial charge in [0.05, 0.1) is 24.6 Å². The summed E-state index contributed by atoms with van der Waals surface area (Å²) in [7, 11) is 0. The topological polar surface area (TPSA) is 51.5 Å². The summed E-state index contributed by atoms with van der Waals surface area (Å²) in [6, 6.07) is 3.67. The molecule has 1 N–H and O–H groups in total. The summed E-state index contributed by atoms with van der Waals surface area (Å²) in [4.78, 5) is 11.0. The lowest BCUT2D eigenvalue weighted by Gasteiger charge is -1.97. The molecule has 0 amide bonds. The van der Waals surface area contributed by atoms with Crippen LogP contribution in [-0.2, 0) is 16.1 Å². The van der Waals surface area contributed by atoms with Crippen LogP contribution in [0, 0.1) is 0 Å². The highest BCUT2D eigenvalue weighted by Crippen LogP contribution is 2.07. The lowest BCUT2D eigenvalue weighted by atomic mass is 10.3.